The summed E-state index contributed by atoms with van der Waals surface area (Å²) in [5, 5.41) is 7.49. The Morgan fingerprint density at radius 1 is 1.10 bits per heavy atom. The maximum atomic E-state index is 7.49. The number of nitrogens with two attached hydrogens (primary N) is 1. The number of ether oxygens (including phenoxy) is 2. The van der Waals surface area contributed by atoms with Gasteiger partial charge in [-0.2, -0.15) is 0 Å². The van der Waals surface area contributed by atoms with Crippen molar-refractivity contribution in [3.8, 4) is 11.6 Å². The molecule has 5 heteroatoms. The average Bonchev–Trinajstić information content (AvgIpc) is 2.44. The van der Waals surface area contributed by atoms with E-state index in [1.54, 1.807) is 12.1 Å². The standard InChI is InChI=1S/C15H17N3O2/c1-11-7-8-13(14(16)17)15(18-11)20-10-9-19-12-5-3-2-4-6-12/h2-8H,9-10H2,1H3,(H3,16,17). The minimum absolute atomic E-state index is 0.0588. The van der Waals surface area contributed by atoms with Gasteiger partial charge < -0.3 is 15.2 Å². The predicted molar refractivity (Wildman–Crippen MR) is 77.4 cm³/mol. The molecule has 3 N–H and O–H groups in total. The zero-order valence-corrected chi connectivity index (χ0v) is 11.3. The zero-order valence-electron chi connectivity index (χ0n) is 11.3. The van der Waals surface area contributed by atoms with E-state index >= 15 is 0 Å². The number of nitrogens with one attached hydrogen (secondary N) is 1. The highest BCUT2D eigenvalue weighted by Crippen LogP contribution is 2.15. The minimum atomic E-state index is -0.0588. The first-order chi connectivity index (χ1) is 9.66. The molecule has 0 amide bonds. The predicted octanol–water partition coefficient (Wildman–Crippen LogP) is 2.13. The monoisotopic (exact) mass is 271 g/mol. The molecular formula is C15H17N3O2. The molecule has 0 aliphatic rings. The van der Waals surface area contributed by atoms with Crippen molar-refractivity contribution in [1.29, 1.82) is 5.41 Å². The highest BCUT2D eigenvalue weighted by molar-refractivity contribution is 5.97. The van der Waals surface area contributed by atoms with Crippen LogP contribution in [0.15, 0.2) is 42.5 Å². The summed E-state index contributed by atoms with van der Waals surface area (Å²) in [7, 11) is 0. The Hall–Kier alpha value is -2.56. The molecule has 0 bridgehead atoms. The number of aryl methyl sites for hydroxylation is 1. The number of para-hydroxylation sites is 1. The van der Waals surface area contributed by atoms with Crippen LogP contribution < -0.4 is 15.2 Å². The molecule has 1 heterocycles. The first-order valence-corrected chi connectivity index (χ1v) is 6.29. The highest BCUT2D eigenvalue weighted by atomic mass is 16.5. The maximum absolute atomic E-state index is 7.49. The van der Waals surface area contributed by atoms with E-state index in [0.717, 1.165) is 11.4 Å². The normalized spacial score (nSPS) is 10.1. The molecule has 2 rings (SSSR count). The molecule has 0 spiro atoms. The van der Waals surface area contributed by atoms with E-state index in [9.17, 15) is 0 Å². The van der Waals surface area contributed by atoms with Gasteiger partial charge >= 0.3 is 0 Å². The van der Waals surface area contributed by atoms with Gasteiger partial charge in [-0.25, -0.2) is 4.98 Å². The van der Waals surface area contributed by atoms with Gasteiger partial charge in [0.15, 0.2) is 0 Å². The SMILES string of the molecule is Cc1ccc(C(=N)N)c(OCCOc2ccccc2)n1. The summed E-state index contributed by atoms with van der Waals surface area (Å²) in [6.45, 7) is 2.60. The third-order valence-electron chi connectivity index (χ3n) is 2.62. The lowest BCUT2D eigenvalue weighted by Crippen LogP contribution is -2.16. The molecule has 2 aromatic rings. The second-order valence-electron chi connectivity index (χ2n) is 4.23. The first kappa shape index (κ1) is 13.9. The molecule has 0 aliphatic carbocycles. The zero-order chi connectivity index (χ0) is 14.4. The number of hydrogen-bond acceptors (Lipinski definition) is 4. The summed E-state index contributed by atoms with van der Waals surface area (Å²) >= 11 is 0. The van der Waals surface area contributed by atoms with Crippen LogP contribution in [0.25, 0.3) is 0 Å². The molecule has 1 aromatic carbocycles. The molecule has 5 nitrogen and oxygen atoms in total. The van der Waals surface area contributed by atoms with Crippen LogP contribution in [0.1, 0.15) is 11.3 Å². The van der Waals surface area contributed by atoms with Gasteiger partial charge in [0.25, 0.3) is 0 Å². The van der Waals surface area contributed by atoms with Gasteiger partial charge in [0.2, 0.25) is 5.88 Å². The van der Waals surface area contributed by atoms with Crippen molar-refractivity contribution in [2.45, 2.75) is 6.92 Å². The Morgan fingerprint density at radius 3 is 2.50 bits per heavy atom. The van der Waals surface area contributed by atoms with Crippen LogP contribution in [0, 0.1) is 12.3 Å². The van der Waals surface area contributed by atoms with Crippen molar-refractivity contribution in [2.24, 2.45) is 5.73 Å². The smallest absolute Gasteiger partial charge is 0.224 e. The Balaban J connectivity index is 1.91. The molecule has 0 saturated heterocycles. The van der Waals surface area contributed by atoms with Crippen molar-refractivity contribution in [2.75, 3.05) is 13.2 Å². The number of rotatable bonds is 6. The molecule has 0 radical (unpaired) electrons. The Kier molecular flexibility index (Phi) is 4.55. The molecule has 20 heavy (non-hydrogen) atoms. The Bertz CT molecular complexity index is 585. The van der Waals surface area contributed by atoms with Gasteiger partial charge in [-0.3, -0.25) is 5.41 Å². The fourth-order valence-electron chi connectivity index (χ4n) is 1.66. The Labute approximate surface area is 117 Å². The van der Waals surface area contributed by atoms with Crippen molar-refractivity contribution >= 4 is 5.84 Å². The Morgan fingerprint density at radius 2 is 1.80 bits per heavy atom. The van der Waals surface area contributed by atoms with Crippen molar-refractivity contribution in [3.05, 3.63) is 53.7 Å². The van der Waals surface area contributed by atoms with E-state index in [2.05, 4.69) is 4.98 Å². The van der Waals surface area contributed by atoms with E-state index in [4.69, 9.17) is 20.6 Å². The maximum Gasteiger partial charge on any atom is 0.224 e. The van der Waals surface area contributed by atoms with Gasteiger partial charge in [0.1, 0.15) is 24.8 Å². The number of nitrogen functional groups attached to an aromatic ring is 1. The molecule has 1 aromatic heterocycles. The summed E-state index contributed by atoms with van der Waals surface area (Å²) in [6.07, 6.45) is 0. The minimum Gasteiger partial charge on any atom is -0.490 e. The van der Waals surface area contributed by atoms with E-state index in [-0.39, 0.29) is 5.84 Å². The average molecular weight is 271 g/mol. The van der Waals surface area contributed by atoms with E-state index < -0.39 is 0 Å². The molecule has 0 unspecified atom stereocenters. The lowest BCUT2D eigenvalue weighted by molar-refractivity contribution is 0.211. The van der Waals surface area contributed by atoms with Gasteiger partial charge in [0, 0.05) is 5.69 Å². The second kappa shape index (κ2) is 6.56. The van der Waals surface area contributed by atoms with Crippen molar-refractivity contribution < 1.29 is 9.47 Å². The second-order valence-corrected chi connectivity index (χ2v) is 4.23. The van der Waals surface area contributed by atoms with Crippen LogP contribution in [0.4, 0.5) is 0 Å². The summed E-state index contributed by atoms with van der Waals surface area (Å²) in [6, 6.07) is 13.0. The molecule has 0 saturated carbocycles. The summed E-state index contributed by atoms with van der Waals surface area (Å²) < 4.78 is 11.1. The molecule has 104 valence electrons. The number of aromatic nitrogens is 1. The lowest BCUT2D eigenvalue weighted by atomic mass is 10.2. The van der Waals surface area contributed by atoms with Crippen LogP contribution in [-0.4, -0.2) is 24.0 Å². The molecule has 0 aliphatic heterocycles. The van der Waals surface area contributed by atoms with Crippen LogP contribution in [-0.2, 0) is 0 Å². The molecular weight excluding hydrogens is 254 g/mol. The lowest BCUT2D eigenvalue weighted by Gasteiger charge is -2.11. The van der Waals surface area contributed by atoms with E-state index in [0.29, 0.717) is 24.7 Å². The van der Waals surface area contributed by atoms with E-state index in [1.165, 1.54) is 0 Å². The van der Waals surface area contributed by atoms with E-state index in [1.807, 2.05) is 37.3 Å². The summed E-state index contributed by atoms with van der Waals surface area (Å²) in [4.78, 5) is 4.24. The molecule has 0 atom stereocenters. The van der Waals surface area contributed by atoms with Gasteiger partial charge in [-0.1, -0.05) is 18.2 Å². The third-order valence-corrected chi connectivity index (χ3v) is 2.62. The van der Waals surface area contributed by atoms with Gasteiger partial charge in [0.05, 0.1) is 5.56 Å². The fraction of sp³-hybridized carbons (Fsp3) is 0.200. The van der Waals surface area contributed by atoms with Gasteiger partial charge in [-0.05, 0) is 31.2 Å². The molecule has 0 fully saturated rings. The highest BCUT2D eigenvalue weighted by Gasteiger charge is 2.08. The number of hydrogen-bond donors (Lipinski definition) is 2. The number of amidine groups is 1. The van der Waals surface area contributed by atoms with Crippen LogP contribution in [0.3, 0.4) is 0 Å². The largest absolute Gasteiger partial charge is 0.490 e. The topological polar surface area (TPSA) is 81.2 Å². The first-order valence-electron chi connectivity index (χ1n) is 6.29. The summed E-state index contributed by atoms with van der Waals surface area (Å²) in [5.41, 5.74) is 6.80. The number of pyridine rings is 1. The van der Waals surface area contributed by atoms with Gasteiger partial charge in [-0.15, -0.1) is 0 Å². The number of nitrogens with zero attached hydrogens (tertiary/aromatic N) is 1. The third kappa shape index (κ3) is 3.71. The summed E-state index contributed by atoms with van der Waals surface area (Å²) in [5.74, 6) is 1.10. The van der Waals surface area contributed by atoms with Crippen LogP contribution >= 0.6 is 0 Å². The fourth-order valence-corrected chi connectivity index (χ4v) is 1.66. The van der Waals surface area contributed by atoms with Crippen LogP contribution in [0.5, 0.6) is 11.6 Å². The van der Waals surface area contributed by atoms with Crippen molar-refractivity contribution in [3.63, 3.8) is 0 Å². The van der Waals surface area contributed by atoms with Crippen molar-refractivity contribution in [1.82, 2.24) is 4.98 Å². The quantitative estimate of drug-likeness (QED) is 0.479. The number of benzene rings is 1. The van der Waals surface area contributed by atoms with Crippen LogP contribution in [0.2, 0.25) is 0 Å².